The van der Waals surface area contributed by atoms with Crippen LogP contribution in [0.4, 0.5) is 0 Å². The summed E-state index contributed by atoms with van der Waals surface area (Å²) >= 11 is 1.28. The van der Waals surface area contributed by atoms with Crippen molar-refractivity contribution in [3.63, 3.8) is 0 Å². The summed E-state index contributed by atoms with van der Waals surface area (Å²) in [7, 11) is 0. The van der Waals surface area contributed by atoms with Crippen molar-refractivity contribution in [2.75, 3.05) is 12.9 Å². The number of carbonyl (C=O) groups is 2. The summed E-state index contributed by atoms with van der Waals surface area (Å²) in [5.74, 6) is -1.30. The molecule has 0 aliphatic carbocycles. The highest BCUT2D eigenvalue weighted by Crippen LogP contribution is 2.24. The Morgan fingerprint density at radius 1 is 1.21 bits per heavy atom. The number of aromatic nitrogens is 2. The third kappa shape index (κ3) is 3.83. The molecule has 0 amide bonds. The first-order valence-corrected chi connectivity index (χ1v) is 8.17. The van der Waals surface area contributed by atoms with Crippen molar-refractivity contribution in [2.45, 2.75) is 18.9 Å². The molecule has 2 N–H and O–H groups in total. The normalized spacial score (nSPS) is 10.5. The number of phenols is 2. The molecule has 0 radical (unpaired) electrons. The lowest BCUT2D eigenvalue weighted by Gasteiger charge is -2.10. The van der Waals surface area contributed by atoms with E-state index in [0.29, 0.717) is 16.5 Å². The highest BCUT2D eigenvalue weighted by molar-refractivity contribution is 7.98. The number of rotatable bonds is 5. The molecule has 0 saturated carbocycles. The van der Waals surface area contributed by atoms with Crippen LogP contribution in [0.2, 0.25) is 0 Å². The third-order valence-electron chi connectivity index (χ3n) is 3.18. The quantitative estimate of drug-likeness (QED) is 0.366. The number of benzene rings is 1. The predicted molar refractivity (Wildman–Crippen MR) is 87.7 cm³/mol. The Hall–Kier alpha value is -2.61. The lowest BCUT2D eigenvalue weighted by atomic mass is 10.1. The van der Waals surface area contributed by atoms with Crippen LogP contribution in [0.5, 0.6) is 11.5 Å². The summed E-state index contributed by atoms with van der Waals surface area (Å²) in [6, 6.07) is 3.56. The number of phenolic OH excluding ortho intramolecular Hbond substituents is 2. The SMILES string of the molecule is CSc1nc(C)nc(C)c1C(=O)OCC(=O)c1ccc(O)cc1O. The van der Waals surface area contributed by atoms with E-state index in [9.17, 15) is 19.8 Å². The van der Waals surface area contributed by atoms with Crippen LogP contribution in [-0.2, 0) is 4.74 Å². The van der Waals surface area contributed by atoms with Gasteiger partial charge < -0.3 is 14.9 Å². The van der Waals surface area contributed by atoms with Crippen LogP contribution >= 0.6 is 11.8 Å². The van der Waals surface area contributed by atoms with E-state index in [1.165, 1.54) is 23.9 Å². The molecule has 7 nitrogen and oxygen atoms in total. The lowest BCUT2D eigenvalue weighted by molar-refractivity contribution is 0.0468. The van der Waals surface area contributed by atoms with Crippen molar-refractivity contribution >= 4 is 23.5 Å². The second kappa shape index (κ2) is 7.31. The predicted octanol–water partition coefficient (Wildman–Crippen LogP) is 2.27. The largest absolute Gasteiger partial charge is 0.508 e. The molecule has 0 spiro atoms. The second-order valence-electron chi connectivity index (χ2n) is 4.94. The Labute approximate surface area is 142 Å². The van der Waals surface area contributed by atoms with Crippen molar-refractivity contribution in [2.24, 2.45) is 0 Å². The summed E-state index contributed by atoms with van der Waals surface area (Å²) in [6.45, 7) is 2.84. The molecule has 0 saturated heterocycles. The molecule has 1 aromatic carbocycles. The number of thioether (sulfide) groups is 1. The van der Waals surface area contributed by atoms with Crippen LogP contribution in [-0.4, -0.2) is 44.8 Å². The summed E-state index contributed by atoms with van der Waals surface area (Å²) in [6.07, 6.45) is 1.78. The van der Waals surface area contributed by atoms with Crippen LogP contribution in [0.25, 0.3) is 0 Å². The molecule has 8 heteroatoms. The van der Waals surface area contributed by atoms with Gasteiger partial charge in [-0.15, -0.1) is 11.8 Å². The standard InChI is InChI=1S/C16H16N2O5S/c1-8-14(15(24-3)18-9(2)17-8)16(22)23-7-13(21)11-5-4-10(19)6-12(11)20/h4-6,19-20H,7H2,1-3H3. The summed E-state index contributed by atoms with van der Waals surface area (Å²) < 4.78 is 5.04. The van der Waals surface area contributed by atoms with Crippen LogP contribution in [0.3, 0.4) is 0 Å². The highest BCUT2D eigenvalue weighted by Gasteiger charge is 2.21. The van der Waals surface area contributed by atoms with Crippen LogP contribution in [0.15, 0.2) is 23.2 Å². The minimum atomic E-state index is -0.705. The van der Waals surface area contributed by atoms with E-state index in [-0.39, 0.29) is 22.6 Å². The van der Waals surface area contributed by atoms with Gasteiger partial charge in [0.15, 0.2) is 6.61 Å². The van der Waals surface area contributed by atoms with Gasteiger partial charge in [0.25, 0.3) is 0 Å². The fraction of sp³-hybridized carbons (Fsp3) is 0.250. The molecule has 1 heterocycles. The van der Waals surface area contributed by atoms with E-state index in [0.717, 1.165) is 6.07 Å². The summed E-state index contributed by atoms with van der Waals surface area (Å²) in [5.41, 5.74) is 0.648. The molecule has 1 aromatic heterocycles. The fourth-order valence-corrected chi connectivity index (χ4v) is 2.76. The fourth-order valence-electron chi connectivity index (χ4n) is 2.10. The van der Waals surface area contributed by atoms with Gasteiger partial charge >= 0.3 is 5.97 Å². The smallest absolute Gasteiger partial charge is 0.343 e. The molecule has 0 bridgehead atoms. The topological polar surface area (TPSA) is 110 Å². The summed E-state index contributed by atoms with van der Waals surface area (Å²) in [4.78, 5) is 32.6. The Kier molecular flexibility index (Phi) is 5.40. The van der Waals surface area contributed by atoms with E-state index >= 15 is 0 Å². The van der Waals surface area contributed by atoms with Crippen molar-refractivity contribution in [1.82, 2.24) is 9.97 Å². The minimum Gasteiger partial charge on any atom is -0.508 e. The Morgan fingerprint density at radius 3 is 2.54 bits per heavy atom. The van der Waals surface area contributed by atoms with Gasteiger partial charge in [-0.05, 0) is 32.2 Å². The highest BCUT2D eigenvalue weighted by atomic mass is 32.2. The van der Waals surface area contributed by atoms with Crippen LogP contribution in [0, 0.1) is 13.8 Å². The van der Waals surface area contributed by atoms with Crippen molar-refractivity contribution in [3.05, 3.63) is 40.8 Å². The average molecular weight is 348 g/mol. The molecule has 2 rings (SSSR count). The minimum absolute atomic E-state index is 0.0393. The molecule has 0 aliphatic heterocycles. The molecule has 24 heavy (non-hydrogen) atoms. The molecule has 0 fully saturated rings. The lowest BCUT2D eigenvalue weighted by Crippen LogP contribution is -2.17. The Balaban J connectivity index is 2.15. The van der Waals surface area contributed by atoms with Gasteiger partial charge in [0, 0.05) is 6.07 Å². The summed E-state index contributed by atoms with van der Waals surface area (Å²) in [5, 5.41) is 19.4. The first-order valence-electron chi connectivity index (χ1n) is 6.95. The first-order chi connectivity index (χ1) is 11.3. The van der Waals surface area contributed by atoms with Gasteiger partial charge in [0.1, 0.15) is 27.9 Å². The third-order valence-corrected chi connectivity index (χ3v) is 3.86. The number of carbonyl (C=O) groups excluding carboxylic acids is 2. The Bertz CT molecular complexity index is 807. The zero-order valence-electron chi connectivity index (χ0n) is 13.4. The van der Waals surface area contributed by atoms with E-state index in [2.05, 4.69) is 9.97 Å². The number of ether oxygens (including phenoxy) is 1. The molecule has 2 aromatic rings. The van der Waals surface area contributed by atoms with Crippen molar-refractivity contribution < 1.29 is 24.5 Å². The number of hydrogen-bond acceptors (Lipinski definition) is 8. The van der Waals surface area contributed by atoms with Gasteiger partial charge in [-0.2, -0.15) is 0 Å². The van der Waals surface area contributed by atoms with Gasteiger partial charge in [-0.25, -0.2) is 14.8 Å². The monoisotopic (exact) mass is 348 g/mol. The van der Waals surface area contributed by atoms with Crippen molar-refractivity contribution in [1.29, 1.82) is 0 Å². The maximum Gasteiger partial charge on any atom is 0.343 e. The number of ketones is 1. The number of hydrogen-bond donors (Lipinski definition) is 2. The van der Waals surface area contributed by atoms with Gasteiger partial charge in [-0.1, -0.05) is 0 Å². The second-order valence-corrected chi connectivity index (χ2v) is 5.74. The maximum atomic E-state index is 12.3. The average Bonchev–Trinajstić information content (AvgIpc) is 2.51. The molecule has 126 valence electrons. The van der Waals surface area contributed by atoms with Crippen LogP contribution in [0.1, 0.15) is 32.2 Å². The van der Waals surface area contributed by atoms with Crippen LogP contribution < -0.4 is 0 Å². The molecular weight excluding hydrogens is 332 g/mol. The number of nitrogens with zero attached hydrogens (tertiary/aromatic N) is 2. The number of esters is 1. The number of Topliss-reactive ketones (excluding diaryl/α,β-unsaturated/α-hetero) is 1. The van der Waals surface area contributed by atoms with E-state index in [4.69, 9.17) is 4.74 Å². The van der Waals surface area contributed by atoms with Gasteiger partial charge in [0.05, 0.1) is 11.3 Å². The van der Waals surface area contributed by atoms with E-state index < -0.39 is 18.4 Å². The van der Waals surface area contributed by atoms with E-state index in [1.54, 1.807) is 20.1 Å². The van der Waals surface area contributed by atoms with Crippen molar-refractivity contribution in [3.8, 4) is 11.5 Å². The van der Waals surface area contributed by atoms with Gasteiger partial charge in [0.2, 0.25) is 5.78 Å². The molecular formula is C16H16N2O5S. The number of aromatic hydroxyl groups is 2. The molecule has 0 atom stereocenters. The van der Waals surface area contributed by atoms with Gasteiger partial charge in [-0.3, -0.25) is 4.79 Å². The Morgan fingerprint density at radius 2 is 1.92 bits per heavy atom. The zero-order chi connectivity index (χ0) is 17.9. The number of aryl methyl sites for hydroxylation is 2. The maximum absolute atomic E-state index is 12.3. The van der Waals surface area contributed by atoms with E-state index in [1.807, 2.05) is 0 Å². The molecule has 0 unspecified atom stereocenters. The molecule has 0 aliphatic rings. The first kappa shape index (κ1) is 17.7. The zero-order valence-corrected chi connectivity index (χ0v) is 14.2.